The molecule has 5 aromatic carbocycles. The van der Waals surface area contributed by atoms with Gasteiger partial charge in [0, 0.05) is 14.7 Å². The van der Waals surface area contributed by atoms with Gasteiger partial charge >= 0.3 is 0 Å². The first-order chi connectivity index (χ1) is 19.0. The van der Waals surface area contributed by atoms with E-state index < -0.39 is 33.2 Å². The molecule has 3 atom stereocenters. The zero-order valence-corrected chi connectivity index (χ0v) is 24.7. The molecule has 0 bridgehead atoms. The molecule has 5 rings (SSSR count). The van der Waals surface area contributed by atoms with E-state index in [0.29, 0.717) is 14.7 Å². The number of hydrogen-bond donors (Lipinski definition) is 0. The number of rotatable bonds is 4. The smallest absolute Gasteiger partial charge is 0.122 e. The van der Waals surface area contributed by atoms with Crippen LogP contribution in [0.4, 0.5) is 0 Å². The standard InChI is InChI=1S/C10H14O3S.2C10H8O2S/c1-6-5-9(13-4)7(2)8(3)10(6)14(11)12;11-13(12)10-7-3-5-8-4-1-2-6-9(8)10;11-13(12)10-6-5-8-3-1-2-4-9(8)7-10/h5H,1-4H3,(H,11,12);2*1-7H,(H,11,12)/p-3. The van der Waals surface area contributed by atoms with Gasteiger partial charge in [-0.2, -0.15) is 0 Å². The lowest BCUT2D eigenvalue weighted by molar-refractivity contribution is 0.410. The Labute approximate surface area is 241 Å². The first kappa shape index (κ1) is 31.3. The van der Waals surface area contributed by atoms with Crippen LogP contribution in [-0.2, 0) is 33.2 Å². The number of fused-ring (bicyclic) bond motifs is 2. The molecule has 0 saturated carbocycles. The van der Waals surface area contributed by atoms with E-state index in [9.17, 15) is 26.3 Å². The van der Waals surface area contributed by atoms with Crippen molar-refractivity contribution in [1.29, 1.82) is 0 Å². The number of hydrogen-bond acceptors (Lipinski definition) is 7. The fourth-order valence-electron chi connectivity index (χ4n) is 4.10. The van der Waals surface area contributed by atoms with Crippen molar-refractivity contribution in [2.45, 2.75) is 35.5 Å². The highest BCUT2D eigenvalue weighted by Crippen LogP contribution is 2.29. The Balaban J connectivity index is 0.000000165. The molecule has 0 fully saturated rings. The van der Waals surface area contributed by atoms with Gasteiger partial charge in [-0.25, -0.2) is 0 Å². The van der Waals surface area contributed by atoms with Crippen molar-refractivity contribution in [3.8, 4) is 5.75 Å². The van der Waals surface area contributed by atoms with Gasteiger partial charge < -0.3 is 18.4 Å². The van der Waals surface area contributed by atoms with Crippen LogP contribution in [0.5, 0.6) is 5.75 Å². The number of benzene rings is 5. The summed E-state index contributed by atoms with van der Waals surface area (Å²) in [7, 11) is 1.58. The molecule has 10 heteroatoms. The molecule has 0 amide bonds. The highest BCUT2D eigenvalue weighted by molar-refractivity contribution is 7.79. The quantitative estimate of drug-likeness (QED) is 0.233. The third-order valence-electron chi connectivity index (χ3n) is 6.21. The lowest BCUT2D eigenvalue weighted by Crippen LogP contribution is -2.01. The molecule has 210 valence electrons. The molecule has 0 N–H and O–H groups in total. The van der Waals surface area contributed by atoms with Crippen LogP contribution < -0.4 is 4.74 Å². The largest absolute Gasteiger partial charge is 0.768 e. The second kappa shape index (κ2) is 14.4. The summed E-state index contributed by atoms with van der Waals surface area (Å²) in [6, 6.07) is 27.1. The van der Waals surface area contributed by atoms with Crippen LogP contribution in [0.3, 0.4) is 0 Å². The Bertz CT molecular complexity index is 1710. The second-order valence-electron chi connectivity index (χ2n) is 8.67. The zero-order chi connectivity index (χ0) is 29.4. The van der Waals surface area contributed by atoms with Gasteiger partial charge in [0.2, 0.25) is 0 Å². The Hall–Kier alpha value is -3.25. The average Bonchev–Trinajstić information content (AvgIpc) is 2.94. The summed E-state index contributed by atoms with van der Waals surface area (Å²) in [5, 5.41) is 3.73. The molecular formula is C30H27O7S3-3. The van der Waals surface area contributed by atoms with Crippen LogP contribution >= 0.6 is 0 Å². The second-order valence-corrected chi connectivity index (χ2v) is 11.4. The van der Waals surface area contributed by atoms with Gasteiger partial charge in [-0.05, 0) is 117 Å². The first-order valence-electron chi connectivity index (χ1n) is 11.9. The van der Waals surface area contributed by atoms with Gasteiger partial charge in [0.15, 0.2) is 0 Å². The van der Waals surface area contributed by atoms with Crippen LogP contribution in [0.1, 0.15) is 16.7 Å². The van der Waals surface area contributed by atoms with Gasteiger partial charge in [0.1, 0.15) is 5.75 Å². The van der Waals surface area contributed by atoms with E-state index in [0.717, 1.165) is 44.0 Å². The molecule has 0 aliphatic heterocycles. The number of aryl methyl sites for hydroxylation is 1. The fourth-order valence-corrected chi connectivity index (χ4v) is 5.78. The number of ether oxygens (including phenoxy) is 1. The predicted molar refractivity (Wildman–Crippen MR) is 157 cm³/mol. The van der Waals surface area contributed by atoms with Gasteiger partial charge in [-0.3, -0.25) is 12.6 Å². The van der Waals surface area contributed by atoms with E-state index in [4.69, 9.17) is 4.74 Å². The maximum Gasteiger partial charge on any atom is 0.122 e. The molecule has 7 nitrogen and oxygen atoms in total. The summed E-state index contributed by atoms with van der Waals surface area (Å²) in [4.78, 5) is 1.07. The van der Waals surface area contributed by atoms with E-state index in [1.54, 1.807) is 63.4 Å². The van der Waals surface area contributed by atoms with Crippen molar-refractivity contribution < 1.29 is 31.0 Å². The SMILES string of the molecule is COc1cc(C)c(S(=O)[O-])c(C)c1C.O=S([O-])c1ccc2ccccc2c1.O=S([O-])c1cccc2ccccc12. The van der Waals surface area contributed by atoms with Crippen LogP contribution in [0, 0.1) is 20.8 Å². The fraction of sp³-hybridized carbons (Fsp3) is 0.133. The van der Waals surface area contributed by atoms with E-state index >= 15 is 0 Å². The predicted octanol–water partition coefficient (Wildman–Crippen LogP) is 6.01. The van der Waals surface area contributed by atoms with E-state index in [1.807, 2.05) is 55.5 Å². The summed E-state index contributed by atoms with van der Waals surface area (Å²) >= 11 is -6.47. The van der Waals surface area contributed by atoms with Crippen LogP contribution in [0.2, 0.25) is 0 Å². The summed E-state index contributed by atoms with van der Waals surface area (Å²) in [6.07, 6.45) is 0. The molecule has 0 aliphatic carbocycles. The first-order valence-corrected chi connectivity index (χ1v) is 15.2. The van der Waals surface area contributed by atoms with Crippen LogP contribution in [-0.4, -0.2) is 33.4 Å². The molecule has 40 heavy (non-hydrogen) atoms. The van der Waals surface area contributed by atoms with Crippen molar-refractivity contribution >= 4 is 54.8 Å². The van der Waals surface area contributed by atoms with Gasteiger partial charge in [0.25, 0.3) is 0 Å². The van der Waals surface area contributed by atoms with Crippen molar-refractivity contribution in [3.63, 3.8) is 0 Å². The van der Waals surface area contributed by atoms with E-state index in [2.05, 4.69) is 0 Å². The Kier molecular flexibility index (Phi) is 11.3. The Morgan fingerprint density at radius 3 is 1.80 bits per heavy atom. The van der Waals surface area contributed by atoms with Crippen molar-refractivity contribution in [2.24, 2.45) is 0 Å². The molecule has 0 radical (unpaired) electrons. The van der Waals surface area contributed by atoms with Crippen molar-refractivity contribution in [1.82, 2.24) is 0 Å². The third-order valence-corrected chi connectivity index (χ3v) is 8.52. The van der Waals surface area contributed by atoms with Gasteiger partial charge in [-0.1, -0.05) is 66.7 Å². The summed E-state index contributed by atoms with van der Waals surface area (Å²) in [5.41, 5.74) is 2.35. The normalized spacial score (nSPS) is 12.9. The minimum Gasteiger partial charge on any atom is -0.768 e. The molecule has 0 heterocycles. The summed E-state index contributed by atoms with van der Waals surface area (Å²) in [5.74, 6) is 0.731. The topological polar surface area (TPSA) is 130 Å². The van der Waals surface area contributed by atoms with Gasteiger partial charge in [-0.15, -0.1) is 0 Å². The lowest BCUT2D eigenvalue weighted by atomic mass is 10.1. The van der Waals surface area contributed by atoms with Crippen molar-refractivity contribution in [2.75, 3.05) is 7.11 Å². The molecule has 0 spiro atoms. The van der Waals surface area contributed by atoms with E-state index in [1.165, 1.54) is 0 Å². The monoisotopic (exact) mass is 595 g/mol. The zero-order valence-electron chi connectivity index (χ0n) is 22.2. The summed E-state index contributed by atoms with van der Waals surface area (Å²) in [6.45, 7) is 5.40. The maximum atomic E-state index is 11.0. The molecular weight excluding hydrogens is 569 g/mol. The molecule has 3 unspecified atom stereocenters. The minimum atomic E-state index is -2.18. The Morgan fingerprint density at radius 1 is 0.600 bits per heavy atom. The lowest BCUT2D eigenvalue weighted by Gasteiger charge is -2.17. The number of methoxy groups -OCH3 is 1. The van der Waals surface area contributed by atoms with Gasteiger partial charge in [0.05, 0.1) is 7.11 Å². The molecule has 0 aliphatic rings. The van der Waals surface area contributed by atoms with Crippen molar-refractivity contribution in [3.05, 3.63) is 108 Å². The minimum absolute atomic E-state index is 0.332. The third kappa shape index (κ3) is 7.69. The maximum absolute atomic E-state index is 11.0. The Morgan fingerprint density at radius 2 is 1.20 bits per heavy atom. The summed E-state index contributed by atoms with van der Waals surface area (Å²) < 4.78 is 70.0. The van der Waals surface area contributed by atoms with Crippen LogP contribution in [0.25, 0.3) is 21.5 Å². The molecule has 0 saturated heterocycles. The highest BCUT2D eigenvalue weighted by atomic mass is 32.2. The molecule has 5 aromatic rings. The van der Waals surface area contributed by atoms with Crippen LogP contribution in [0.15, 0.2) is 106 Å². The average molecular weight is 596 g/mol. The molecule has 0 aromatic heterocycles. The van der Waals surface area contributed by atoms with E-state index in [-0.39, 0.29) is 0 Å². The highest BCUT2D eigenvalue weighted by Gasteiger charge is 2.10.